The van der Waals surface area contributed by atoms with Crippen molar-refractivity contribution in [1.29, 1.82) is 0 Å². The molecule has 0 spiro atoms. The predicted octanol–water partition coefficient (Wildman–Crippen LogP) is 2.00. The van der Waals surface area contributed by atoms with E-state index in [0.717, 1.165) is 24.7 Å². The maximum atomic E-state index is 11.7. The van der Waals surface area contributed by atoms with Crippen LogP contribution in [-0.2, 0) is 17.7 Å². The van der Waals surface area contributed by atoms with Crippen LogP contribution in [0.4, 0.5) is 5.82 Å². The Bertz CT molecular complexity index is 513. The van der Waals surface area contributed by atoms with Crippen molar-refractivity contribution in [2.24, 2.45) is 11.3 Å². The molecular weight excluding hydrogens is 242 g/mol. The molecule has 1 heterocycles. The number of nitrogen functional groups attached to an aromatic ring is 1. The van der Waals surface area contributed by atoms with Gasteiger partial charge in [0, 0.05) is 13.0 Å². The van der Waals surface area contributed by atoms with Crippen LogP contribution >= 0.6 is 0 Å². The Labute approximate surface area is 113 Å². The molecule has 2 aliphatic carbocycles. The minimum absolute atomic E-state index is 0.269. The van der Waals surface area contributed by atoms with E-state index in [2.05, 4.69) is 4.98 Å². The molecule has 19 heavy (non-hydrogen) atoms. The predicted molar refractivity (Wildman–Crippen MR) is 71.7 cm³/mol. The monoisotopic (exact) mass is 263 g/mol. The van der Waals surface area contributed by atoms with Crippen molar-refractivity contribution < 1.29 is 9.53 Å². The van der Waals surface area contributed by atoms with Gasteiger partial charge in [-0.3, -0.25) is 0 Å². The zero-order chi connectivity index (χ0) is 13.6. The van der Waals surface area contributed by atoms with Crippen molar-refractivity contribution in [1.82, 2.24) is 9.55 Å². The summed E-state index contributed by atoms with van der Waals surface area (Å²) >= 11 is 0. The summed E-state index contributed by atoms with van der Waals surface area (Å²) in [6, 6.07) is 0. The van der Waals surface area contributed by atoms with Gasteiger partial charge in [0.05, 0.1) is 7.11 Å². The minimum Gasteiger partial charge on any atom is -0.464 e. The van der Waals surface area contributed by atoms with Crippen molar-refractivity contribution >= 4 is 11.8 Å². The lowest BCUT2D eigenvalue weighted by atomic mass is 10.0. The van der Waals surface area contributed by atoms with Gasteiger partial charge >= 0.3 is 5.97 Å². The topological polar surface area (TPSA) is 70.1 Å². The van der Waals surface area contributed by atoms with E-state index in [-0.39, 0.29) is 5.69 Å². The van der Waals surface area contributed by atoms with E-state index < -0.39 is 5.97 Å². The molecule has 2 N–H and O–H groups in total. The Morgan fingerprint density at radius 3 is 2.68 bits per heavy atom. The van der Waals surface area contributed by atoms with Crippen molar-refractivity contribution in [3.63, 3.8) is 0 Å². The second kappa shape index (κ2) is 4.25. The molecule has 0 bridgehead atoms. The molecule has 1 aromatic rings. The molecular formula is C14H21N3O2. The van der Waals surface area contributed by atoms with Gasteiger partial charge in [-0.15, -0.1) is 0 Å². The van der Waals surface area contributed by atoms with Gasteiger partial charge in [0.25, 0.3) is 0 Å². The summed E-state index contributed by atoms with van der Waals surface area (Å²) in [5.74, 6) is 1.78. The Morgan fingerprint density at radius 1 is 1.53 bits per heavy atom. The first-order chi connectivity index (χ1) is 9.11. The molecule has 2 fully saturated rings. The molecule has 1 aromatic heterocycles. The van der Waals surface area contributed by atoms with E-state index in [1.54, 1.807) is 0 Å². The fraction of sp³-hybridized carbons (Fsp3) is 0.714. The lowest BCUT2D eigenvalue weighted by Crippen LogP contribution is -2.18. The van der Waals surface area contributed by atoms with Crippen LogP contribution in [0, 0.1) is 11.3 Å². The molecule has 0 radical (unpaired) electrons. The highest BCUT2D eigenvalue weighted by Crippen LogP contribution is 2.62. The number of rotatable bonds is 5. The summed E-state index contributed by atoms with van der Waals surface area (Å²) in [5.41, 5.74) is 6.82. The molecule has 5 nitrogen and oxygen atoms in total. The number of esters is 1. The second-order valence-electron chi connectivity index (χ2n) is 5.83. The maximum absolute atomic E-state index is 11.7. The SMILES string of the molecule is CCc1nc(C(=O)OC)c(N)n1CC1(C2CC2)CC1. The van der Waals surface area contributed by atoms with Crippen molar-refractivity contribution in [2.75, 3.05) is 12.8 Å². The zero-order valence-corrected chi connectivity index (χ0v) is 11.6. The summed E-state index contributed by atoms with van der Waals surface area (Å²) in [6.07, 6.45) is 6.04. The molecule has 0 aliphatic heterocycles. The largest absolute Gasteiger partial charge is 0.464 e. The number of nitrogens with two attached hydrogens (primary N) is 1. The molecule has 0 atom stereocenters. The maximum Gasteiger partial charge on any atom is 0.360 e. The van der Waals surface area contributed by atoms with Gasteiger partial charge in [-0.25, -0.2) is 9.78 Å². The average Bonchev–Trinajstić information content (AvgIpc) is 3.29. The third-order valence-corrected chi connectivity index (χ3v) is 4.59. The highest BCUT2D eigenvalue weighted by molar-refractivity contribution is 5.92. The Balaban J connectivity index is 1.91. The van der Waals surface area contributed by atoms with Gasteiger partial charge in [-0.1, -0.05) is 6.92 Å². The van der Waals surface area contributed by atoms with E-state index in [0.29, 0.717) is 11.2 Å². The number of aryl methyl sites for hydroxylation is 1. The first kappa shape index (κ1) is 12.5. The molecule has 2 saturated carbocycles. The number of carbonyl (C=O) groups excluding carboxylic acids is 1. The fourth-order valence-corrected chi connectivity index (χ4v) is 3.07. The molecule has 0 amide bonds. The standard InChI is InChI=1S/C14H21N3O2/c1-3-10-16-11(13(18)19-2)12(15)17(10)8-14(6-7-14)9-4-5-9/h9H,3-8,15H2,1-2H3. The molecule has 0 saturated heterocycles. The molecule has 104 valence electrons. The Hall–Kier alpha value is -1.52. The number of carbonyl (C=O) groups is 1. The summed E-state index contributed by atoms with van der Waals surface area (Å²) in [4.78, 5) is 16.0. The van der Waals surface area contributed by atoms with E-state index in [1.807, 2.05) is 11.5 Å². The second-order valence-corrected chi connectivity index (χ2v) is 5.83. The summed E-state index contributed by atoms with van der Waals surface area (Å²) < 4.78 is 6.78. The lowest BCUT2D eigenvalue weighted by molar-refractivity contribution is 0.0595. The van der Waals surface area contributed by atoms with Gasteiger partial charge in [0.15, 0.2) is 5.69 Å². The van der Waals surface area contributed by atoms with Gasteiger partial charge in [0.2, 0.25) is 0 Å². The van der Waals surface area contributed by atoms with Crippen LogP contribution in [0.5, 0.6) is 0 Å². The van der Waals surface area contributed by atoms with E-state index >= 15 is 0 Å². The fourth-order valence-electron chi connectivity index (χ4n) is 3.07. The van der Waals surface area contributed by atoms with E-state index in [1.165, 1.54) is 32.8 Å². The number of anilines is 1. The van der Waals surface area contributed by atoms with Crippen molar-refractivity contribution in [3.8, 4) is 0 Å². The summed E-state index contributed by atoms with van der Waals surface area (Å²) in [7, 11) is 1.36. The number of methoxy groups -OCH3 is 1. The number of hydrogen-bond donors (Lipinski definition) is 1. The van der Waals surface area contributed by atoms with Crippen LogP contribution in [-0.4, -0.2) is 22.6 Å². The van der Waals surface area contributed by atoms with Gasteiger partial charge in [-0.05, 0) is 37.0 Å². The van der Waals surface area contributed by atoms with E-state index in [9.17, 15) is 4.79 Å². The molecule has 2 aliphatic rings. The normalized spacial score (nSPS) is 20.3. The van der Waals surface area contributed by atoms with Crippen LogP contribution in [0.1, 0.15) is 48.9 Å². The highest BCUT2D eigenvalue weighted by atomic mass is 16.5. The average molecular weight is 263 g/mol. The first-order valence-corrected chi connectivity index (χ1v) is 7.04. The van der Waals surface area contributed by atoms with Crippen LogP contribution in [0.15, 0.2) is 0 Å². The first-order valence-electron chi connectivity index (χ1n) is 7.04. The third-order valence-electron chi connectivity index (χ3n) is 4.59. The molecule has 0 unspecified atom stereocenters. The van der Waals surface area contributed by atoms with Crippen LogP contribution in [0.3, 0.4) is 0 Å². The quantitative estimate of drug-likeness (QED) is 0.825. The zero-order valence-electron chi connectivity index (χ0n) is 11.6. The smallest absolute Gasteiger partial charge is 0.360 e. The van der Waals surface area contributed by atoms with Gasteiger partial charge in [-0.2, -0.15) is 0 Å². The molecule has 0 aromatic carbocycles. The summed E-state index contributed by atoms with van der Waals surface area (Å²) in [6.45, 7) is 2.95. The number of ether oxygens (including phenoxy) is 1. The van der Waals surface area contributed by atoms with Crippen molar-refractivity contribution in [2.45, 2.75) is 45.6 Å². The number of hydrogen-bond acceptors (Lipinski definition) is 4. The van der Waals surface area contributed by atoms with Crippen molar-refractivity contribution in [3.05, 3.63) is 11.5 Å². The Kier molecular flexibility index (Phi) is 2.80. The van der Waals surface area contributed by atoms with E-state index in [4.69, 9.17) is 10.5 Å². The van der Waals surface area contributed by atoms with Gasteiger partial charge in [0.1, 0.15) is 11.6 Å². The highest BCUT2D eigenvalue weighted by Gasteiger charge is 2.54. The van der Waals surface area contributed by atoms with Crippen LogP contribution < -0.4 is 5.73 Å². The number of imidazole rings is 1. The minimum atomic E-state index is -0.442. The summed E-state index contributed by atoms with van der Waals surface area (Å²) in [5, 5.41) is 0. The Morgan fingerprint density at radius 2 is 2.21 bits per heavy atom. The number of nitrogens with zero attached hydrogens (tertiary/aromatic N) is 2. The molecule has 5 heteroatoms. The van der Waals surface area contributed by atoms with Crippen LogP contribution in [0.2, 0.25) is 0 Å². The third kappa shape index (κ3) is 2.01. The lowest BCUT2D eigenvalue weighted by Gasteiger charge is -2.17. The van der Waals surface area contributed by atoms with Gasteiger partial charge < -0.3 is 15.0 Å². The molecule has 3 rings (SSSR count). The number of aromatic nitrogens is 2. The van der Waals surface area contributed by atoms with Crippen LogP contribution in [0.25, 0.3) is 0 Å².